The summed E-state index contributed by atoms with van der Waals surface area (Å²) in [6, 6.07) is 6.71. The maximum Gasteiger partial charge on any atom is 0.0405 e. The summed E-state index contributed by atoms with van der Waals surface area (Å²) in [5.74, 6) is 0.814. The number of hydrogen-bond donors (Lipinski definition) is 1. The molecule has 0 spiro atoms. The fourth-order valence-corrected chi connectivity index (χ4v) is 2.66. The van der Waals surface area contributed by atoms with Gasteiger partial charge in [-0.15, -0.1) is 0 Å². The van der Waals surface area contributed by atoms with E-state index in [0.717, 1.165) is 25.3 Å². The molecular formula is C18H31N. The van der Waals surface area contributed by atoms with Crippen LogP contribution in [0.3, 0.4) is 0 Å². The van der Waals surface area contributed by atoms with Crippen molar-refractivity contribution in [2.45, 2.75) is 66.2 Å². The summed E-state index contributed by atoms with van der Waals surface area (Å²) in [4.78, 5) is 0. The molecule has 108 valence electrons. The zero-order valence-corrected chi connectivity index (χ0v) is 13.3. The van der Waals surface area contributed by atoms with Crippen molar-refractivity contribution >= 4 is 5.69 Å². The van der Waals surface area contributed by atoms with Crippen molar-refractivity contribution in [1.82, 2.24) is 0 Å². The van der Waals surface area contributed by atoms with Crippen LogP contribution in [-0.4, -0.2) is 6.54 Å². The molecular weight excluding hydrogens is 230 g/mol. The lowest BCUT2D eigenvalue weighted by molar-refractivity contribution is 0.472. The quantitative estimate of drug-likeness (QED) is 0.624. The van der Waals surface area contributed by atoms with Gasteiger partial charge < -0.3 is 5.32 Å². The van der Waals surface area contributed by atoms with E-state index in [2.05, 4.69) is 51.2 Å². The van der Waals surface area contributed by atoms with Gasteiger partial charge in [0, 0.05) is 12.2 Å². The molecule has 0 fully saturated rings. The second-order valence-electron chi connectivity index (χ2n) is 5.46. The number of unbranched alkanes of at least 4 members (excludes halogenated alkanes) is 1. The number of rotatable bonds is 9. The molecule has 0 saturated carbocycles. The molecule has 1 aromatic carbocycles. The fraction of sp³-hybridized carbons (Fsp3) is 0.667. The molecule has 1 nitrogen and oxygen atoms in total. The SMILES string of the molecule is CCCCC(CC)CNc1c(CC)cccc1CC. The molecule has 1 rings (SSSR count). The molecule has 0 aliphatic heterocycles. The summed E-state index contributed by atoms with van der Waals surface area (Å²) < 4.78 is 0. The third kappa shape index (κ3) is 4.89. The highest BCUT2D eigenvalue weighted by Crippen LogP contribution is 2.24. The van der Waals surface area contributed by atoms with Gasteiger partial charge in [0.05, 0.1) is 0 Å². The van der Waals surface area contributed by atoms with Crippen LogP contribution in [0.2, 0.25) is 0 Å². The molecule has 19 heavy (non-hydrogen) atoms. The second-order valence-corrected chi connectivity index (χ2v) is 5.46. The smallest absolute Gasteiger partial charge is 0.0405 e. The highest BCUT2D eigenvalue weighted by Gasteiger charge is 2.09. The highest BCUT2D eigenvalue weighted by atomic mass is 14.9. The van der Waals surface area contributed by atoms with E-state index in [4.69, 9.17) is 0 Å². The molecule has 0 radical (unpaired) electrons. The number of para-hydroxylation sites is 1. The number of aryl methyl sites for hydroxylation is 2. The molecule has 0 aliphatic rings. The molecule has 1 atom stereocenters. The highest BCUT2D eigenvalue weighted by molar-refractivity contribution is 5.57. The molecule has 0 aromatic heterocycles. The Kier molecular flexibility index (Phi) is 7.62. The Morgan fingerprint density at radius 2 is 1.63 bits per heavy atom. The second kappa shape index (κ2) is 9.01. The predicted octanol–water partition coefficient (Wildman–Crippen LogP) is 5.44. The summed E-state index contributed by atoms with van der Waals surface area (Å²) in [5, 5.41) is 3.74. The maximum atomic E-state index is 3.74. The van der Waals surface area contributed by atoms with E-state index in [1.54, 1.807) is 0 Å². The normalized spacial score (nSPS) is 12.4. The van der Waals surface area contributed by atoms with Crippen molar-refractivity contribution < 1.29 is 0 Å². The van der Waals surface area contributed by atoms with Gasteiger partial charge in [-0.2, -0.15) is 0 Å². The lowest BCUT2D eigenvalue weighted by Gasteiger charge is -2.20. The largest absolute Gasteiger partial charge is 0.384 e. The summed E-state index contributed by atoms with van der Waals surface area (Å²) >= 11 is 0. The van der Waals surface area contributed by atoms with Crippen molar-refractivity contribution in [3.63, 3.8) is 0 Å². The van der Waals surface area contributed by atoms with Crippen molar-refractivity contribution in [1.29, 1.82) is 0 Å². The number of benzene rings is 1. The fourth-order valence-electron chi connectivity index (χ4n) is 2.66. The first-order chi connectivity index (χ1) is 9.26. The number of hydrogen-bond acceptors (Lipinski definition) is 1. The molecule has 0 amide bonds. The van der Waals surface area contributed by atoms with E-state index in [1.807, 2.05) is 0 Å². The zero-order valence-electron chi connectivity index (χ0n) is 13.3. The third-order valence-corrected chi connectivity index (χ3v) is 4.11. The van der Waals surface area contributed by atoms with Gasteiger partial charge in [-0.3, -0.25) is 0 Å². The van der Waals surface area contributed by atoms with Crippen LogP contribution in [0.5, 0.6) is 0 Å². The molecule has 0 saturated heterocycles. The standard InChI is InChI=1S/C18H31N/c1-5-9-11-15(6-2)14-19-18-16(7-3)12-10-13-17(18)8-4/h10,12-13,15,19H,5-9,11,14H2,1-4H3. The molecule has 1 unspecified atom stereocenters. The monoisotopic (exact) mass is 261 g/mol. The Morgan fingerprint density at radius 3 is 2.11 bits per heavy atom. The molecule has 0 heterocycles. The van der Waals surface area contributed by atoms with Crippen LogP contribution in [0.4, 0.5) is 5.69 Å². The van der Waals surface area contributed by atoms with E-state index < -0.39 is 0 Å². The van der Waals surface area contributed by atoms with Gasteiger partial charge in [0.25, 0.3) is 0 Å². The van der Waals surface area contributed by atoms with E-state index in [9.17, 15) is 0 Å². The summed E-state index contributed by atoms with van der Waals surface area (Å²) in [6.45, 7) is 10.2. The Hall–Kier alpha value is -0.980. The lowest BCUT2D eigenvalue weighted by atomic mass is 9.98. The van der Waals surface area contributed by atoms with Gasteiger partial charge in [0.1, 0.15) is 0 Å². The van der Waals surface area contributed by atoms with E-state index in [0.29, 0.717) is 0 Å². The van der Waals surface area contributed by atoms with Crippen molar-refractivity contribution in [3.05, 3.63) is 29.3 Å². The van der Waals surface area contributed by atoms with Crippen molar-refractivity contribution in [2.75, 3.05) is 11.9 Å². The van der Waals surface area contributed by atoms with Crippen LogP contribution in [0.25, 0.3) is 0 Å². The van der Waals surface area contributed by atoms with Crippen molar-refractivity contribution in [2.24, 2.45) is 5.92 Å². The van der Waals surface area contributed by atoms with Crippen LogP contribution >= 0.6 is 0 Å². The first-order valence-corrected chi connectivity index (χ1v) is 8.11. The lowest BCUT2D eigenvalue weighted by Crippen LogP contribution is -2.15. The molecule has 0 bridgehead atoms. The van der Waals surface area contributed by atoms with Crippen molar-refractivity contribution in [3.8, 4) is 0 Å². The topological polar surface area (TPSA) is 12.0 Å². The Balaban J connectivity index is 2.69. The van der Waals surface area contributed by atoms with Crippen LogP contribution in [0.15, 0.2) is 18.2 Å². The average molecular weight is 261 g/mol. The van der Waals surface area contributed by atoms with E-state index in [1.165, 1.54) is 42.5 Å². The minimum absolute atomic E-state index is 0.814. The maximum absolute atomic E-state index is 3.74. The third-order valence-electron chi connectivity index (χ3n) is 4.11. The van der Waals surface area contributed by atoms with E-state index in [-0.39, 0.29) is 0 Å². The minimum atomic E-state index is 0.814. The van der Waals surface area contributed by atoms with Crippen LogP contribution in [-0.2, 0) is 12.8 Å². The van der Waals surface area contributed by atoms with Gasteiger partial charge in [0.2, 0.25) is 0 Å². The van der Waals surface area contributed by atoms with Gasteiger partial charge in [-0.25, -0.2) is 0 Å². The number of nitrogens with one attached hydrogen (secondary N) is 1. The molecule has 0 aliphatic carbocycles. The molecule has 1 N–H and O–H groups in total. The van der Waals surface area contributed by atoms with Gasteiger partial charge in [0.15, 0.2) is 0 Å². The Morgan fingerprint density at radius 1 is 1.00 bits per heavy atom. The van der Waals surface area contributed by atoms with Gasteiger partial charge in [-0.05, 0) is 36.3 Å². The van der Waals surface area contributed by atoms with Gasteiger partial charge >= 0.3 is 0 Å². The predicted molar refractivity (Wildman–Crippen MR) is 87.0 cm³/mol. The summed E-state index contributed by atoms with van der Waals surface area (Å²) in [5.41, 5.74) is 4.33. The van der Waals surface area contributed by atoms with Crippen LogP contribution in [0, 0.1) is 5.92 Å². The minimum Gasteiger partial charge on any atom is -0.384 e. The first kappa shape index (κ1) is 16.1. The van der Waals surface area contributed by atoms with Gasteiger partial charge in [-0.1, -0.05) is 65.2 Å². The Bertz CT molecular complexity index is 334. The van der Waals surface area contributed by atoms with Crippen LogP contribution in [0.1, 0.15) is 64.5 Å². The number of anilines is 1. The van der Waals surface area contributed by atoms with E-state index >= 15 is 0 Å². The summed E-state index contributed by atoms with van der Waals surface area (Å²) in [6.07, 6.45) is 7.53. The molecule has 1 heteroatoms. The first-order valence-electron chi connectivity index (χ1n) is 8.11. The Labute approximate surface area is 119 Å². The summed E-state index contributed by atoms with van der Waals surface area (Å²) in [7, 11) is 0. The zero-order chi connectivity index (χ0) is 14.1. The average Bonchev–Trinajstić information content (AvgIpc) is 2.47. The van der Waals surface area contributed by atoms with Crippen LogP contribution < -0.4 is 5.32 Å². The molecule has 1 aromatic rings.